The Kier molecular flexibility index (Phi) is 3.38. The van der Waals surface area contributed by atoms with Crippen LogP contribution in [-0.4, -0.2) is 7.05 Å². The van der Waals surface area contributed by atoms with E-state index in [2.05, 4.69) is 32.3 Å². The Bertz CT molecular complexity index is 356. The molecule has 16 heavy (non-hydrogen) atoms. The molecule has 90 valence electrons. The van der Waals surface area contributed by atoms with E-state index in [9.17, 15) is 0 Å². The van der Waals surface area contributed by atoms with E-state index in [1.54, 1.807) is 0 Å². The summed E-state index contributed by atoms with van der Waals surface area (Å²) < 4.78 is 5.65. The summed E-state index contributed by atoms with van der Waals surface area (Å²) in [6.07, 6.45) is 4.09. The zero-order valence-electron chi connectivity index (χ0n) is 10.8. The number of rotatable bonds is 3. The van der Waals surface area contributed by atoms with Gasteiger partial charge in [-0.1, -0.05) is 19.8 Å². The molecule has 0 amide bonds. The van der Waals surface area contributed by atoms with Gasteiger partial charge in [-0.15, -0.1) is 0 Å². The van der Waals surface area contributed by atoms with Crippen LogP contribution in [0.4, 0.5) is 0 Å². The number of hydrogen-bond acceptors (Lipinski definition) is 2. The second kappa shape index (κ2) is 4.62. The fraction of sp³-hybridized carbons (Fsp3) is 0.714. The SMILES string of the molecule is CNC(c1cc(C)oc1C)C1CCCC1C. The van der Waals surface area contributed by atoms with Crippen molar-refractivity contribution in [2.75, 3.05) is 7.05 Å². The van der Waals surface area contributed by atoms with Gasteiger partial charge >= 0.3 is 0 Å². The van der Waals surface area contributed by atoms with Crippen molar-refractivity contribution in [2.45, 2.75) is 46.1 Å². The monoisotopic (exact) mass is 221 g/mol. The van der Waals surface area contributed by atoms with Gasteiger partial charge in [-0.25, -0.2) is 0 Å². The lowest BCUT2D eigenvalue weighted by atomic mass is 9.86. The first-order valence-corrected chi connectivity index (χ1v) is 6.37. The van der Waals surface area contributed by atoms with Gasteiger partial charge in [0.05, 0.1) is 0 Å². The molecule has 0 radical (unpaired) electrons. The maximum atomic E-state index is 5.65. The minimum Gasteiger partial charge on any atom is -0.466 e. The van der Waals surface area contributed by atoms with Gasteiger partial charge in [0, 0.05) is 11.6 Å². The lowest BCUT2D eigenvalue weighted by Gasteiger charge is -2.26. The lowest BCUT2D eigenvalue weighted by molar-refractivity contribution is 0.312. The van der Waals surface area contributed by atoms with Gasteiger partial charge < -0.3 is 9.73 Å². The van der Waals surface area contributed by atoms with Crippen LogP contribution >= 0.6 is 0 Å². The second-order valence-electron chi connectivity index (χ2n) is 5.21. The second-order valence-corrected chi connectivity index (χ2v) is 5.21. The first-order valence-electron chi connectivity index (χ1n) is 6.37. The van der Waals surface area contributed by atoms with Crippen molar-refractivity contribution < 1.29 is 4.42 Å². The molecule has 2 rings (SSSR count). The van der Waals surface area contributed by atoms with Gasteiger partial charge in [-0.2, -0.15) is 0 Å². The van der Waals surface area contributed by atoms with E-state index in [0.29, 0.717) is 6.04 Å². The molecule has 0 saturated heterocycles. The molecule has 2 heteroatoms. The van der Waals surface area contributed by atoms with Crippen LogP contribution in [-0.2, 0) is 0 Å². The van der Waals surface area contributed by atoms with Gasteiger partial charge in [0.2, 0.25) is 0 Å². The maximum Gasteiger partial charge on any atom is 0.105 e. The zero-order valence-corrected chi connectivity index (χ0v) is 10.8. The van der Waals surface area contributed by atoms with Crippen molar-refractivity contribution in [3.05, 3.63) is 23.2 Å². The van der Waals surface area contributed by atoms with E-state index in [4.69, 9.17) is 4.42 Å². The van der Waals surface area contributed by atoms with E-state index < -0.39 is 0 Å². The zero-order chi connectivity index (χ0) is 11.7. The highest BCUT2D eigenvalue weighted by Gasteiger charge is 2.32. The summed E-state index contributed by atoms with van der Waals surface area (Å²) in [5.41, 5.74) is 1.36. The van der Waals surface area contributed by atoms with Crippen molar-refractivity contribution in [1.29, 1.82) is 0 Å². The fourth-order valence-corrected chi connectivity index (χ4v) is 3.23. The van der Waals surface area contributed by atoms with Crippen LogP contribution < -0.4 is 5.32 Å². The summed E-state index contributed by atoms with van der Waals surface area (Å²) in [5.74, 6) is 3.70. The van der Waals surface area contributed by atoms with Crippen LogP contribution in [0.5, 0.6) is 0 Å². The minimum absolute atomic E-state index is 0.468. The maximum absolute atomic E-state index is 5.65. The van der Waals surface area contributed by atoms with Crippen LogP contribution in [0.15, 0.2) is 10.5 Å². The first-order chi connectivity index (χ1) is 7.63. The Morgan fingerprint density at radius 1 is 1.38 bits per heavy atom. The predicted octanol–water partition coefficient (Wildman–Crippen LogP) is 3.59. The molecule has 1 N–H and O–H groups in total. The number of hydrogen-bond donors (Lipinski definition) is 1. The molecule has 0 aromatic carbocycles. The number of nitrogens with one attached hydrogen (secondary N) is 1. The van der Waals surface area contributed by atoms with Crippen molar-refractivity contribution in [3.8, 4) is 0 Å². The molecule has 0 aliphatic heterocycles. The number of furan rings is 1. The number of aryl methyl sites for hydroxylation is 2. The highest BCUT2D eigenvalue weighted by molar-refractivity contribution is 5.25. The highest BCUT2D eigenvalue weighted by Crippen LogP contribution is 2.41. The molecule has 1 saturated carbocycles. The normalized spacial score (nSPS) is 27.2. The van der Waals surface area contributed by atoms with Crippen LogP contribution in [0.2, 0.25) is 0 Å². The average Bonchev–Trinajstić information content (AvgIpc) is 2.77. The summed E-state index contributed by atoms with van der Waals surface area (Å²) in [6.45, 7) is 6.48. The van der Waals surface area contributed by atoms with Crippen molar-refractivity contribution in [2.24, 2.45) is 11.8 Å². The quantitative estimate of drug-likeness (QED) is 0.843. The van der Waals surface area contributed by atoms with E-state index in [1.165, 1.54) is 24.8 Å². The first kappa shape index (κ1) is 11.7. The molecule has 2 nitrogen and oxygen atoms in total. The Labute approximate surface area is 98.4 Å². The van der Waals surface area contributed by atoms with Crippen LogP contribution in [0, 0.1) is 25.7 Å². The summed E-state index contributed by atoms with van der Waals surface area (Å²) >= 11 is 0. The average molecular weight is 221 g/mol. The predicted molar refractivity (Wildman–Crippen MR) is 66.5 cm³/mol. The van der Waals surface area contributed by atoms with Gasteiger partial charge in [0.25, 0.3) is 0 Å². The topological polar surface area (TPSA) is 25.2 Å². The molecule has 1 aromatic rings. The van der Waals surface area contributed by atoms with Crippen LogP contribution in [0.1, 0.15) is 49.3 Å². The van der Waals surface area contributed by atoms with Crippen LogP contribution in [0.3, 0.4) is 0 Å². The van der Waals surface area contributed by atoms with Crippen molar-refractivity contribution in [3.63, 3.8) is 0 Å². The Morgan fingerprint density at radius 3 is 2.56 bits per heavy atom. The molecule has 3 unspecified atom stereocenters. The van der Waals surface area contributed by atoms with E-state index >= 15 is 0 Å². The van der Waals surface area contributed by atoms with Crippen LogP contribution in [0.25, 0.3) is 0 Å². The molecular formula is C14H23NO. The lowest BCUT2D eigenvalue weighted by Crippen LogP contribution is -2.27. The molecule has 1 fully saturated rings. The molecule has 0 bridgehead atoms. The summed E-state index contributed by atoms with van der Waals surface area (Å²) in [6, 6.07) is 2.66. The van der Waals surface area contributed by atoms with E-state index in [0.717, 1.165) is 23.4 Å². The van der Waals surface area contributed by atoms with Gasteiger partial charge in [0.1, 0.15) is 11.5 Å². The molecule has 1 aliphatic carbocycles. The molecule has 1 aliphatic rings. The summed E-state index contributed by atoms with van der Waals surface area (Å²) in [4.78, 5) is 0. The molecular weight excluding hydrogens is 198 g/mol. The highest BCUT2D eigenvalue weighted by atomic mass is 16.3. The Balaban J connectivity index is 2.25. The van der Waals surface area contributed by atoms with Gasteiger partial charge in [-0.05, 0) is 45.2 Å². The van der Waals surface area contributed by atoms with Crippen molar-refractivity contribution >= 4 is 0 Å². The van der Waals surface area contributed by atoms with E-state index in [1.807, 2.05) is 6.92 Å². The molecule has 1 heterocycles. The standard InChI is InChI=1S/C14H23NO/c1-9-6-5-7-12(9)14(15-4)13-8-10(2)16-11(13)3/h8-9,12,14-15H,5-7H2,1-4H3. The third-order valence-corrected chi connectivity index (χ3v) is 4.08. The molecule has 3 atom stereocenters. The van der Waals surface area contributed by atoms with Crippen molar-refractivity contribution in [1.82, 2.24) is 5.32 Å². The smallest absolute Gasteiger partial charge is 0.105 e. The fourth-order valence-electron chi connectivity index (χ4n) is 3.23. The molecule has 1 aromatic heterocycles. The van der Waals surface area contributed by atoms with Gasteiger partial charge in [-0.3, -0.25) is 0 Å². The third kappa shape index (κ3) is 2.03. The summed E-state index contributed by atoms with van der Waals surface area (Å²) in [5, 5.41) is 3.48. The Morgan fingerprint density at radius 2 is 2.12 bits per heavy atom. The largest absolute Gasteiger partial charge is 0.466 e. The summed E-state index contributed by atoms with van der Waals surface area (Å²) in [7, 11) is 2.07. The van der Waals surface area contributed by atoms with Gasteiger partial charge in [0.15, 0.2) is 0 Å². The van der Waals surface area contributed by atoms with E-state index in [-0.39, 0.29) is 0 Å². The minimum atomic E-state index is 0.468. The molecule has 0 spiro atoms. The third-order valence-electron chi connectivity index (χ3n) is 4.08. The Hall–Kier alpha value is -0.760.